The summed E-state index contributed by atoms with van der Waals surface area (Å²) in [5.41, 5.74) is 0.708. The Morgan fingerprint density at radius 1 is 1.28 bits per heavy atom. The number of non-ortho nitro benzene ring substituents is 1. The fourth-order valence-corrected chi connectivity index (χ4v) is 3.51. The quantitative estimate of drug-likeness (QED) is 0.250. The fourth-order valence-electron chi connectivity index (χ4n) is 2.36. The number of carbonyl (C=O) groups is 1. The minimum Gasteiger partial charge on any atom is -0.335 e. The van der Waals surface area contributed by atoms with Crippen LogP contribution in [0.15, 0.2) is 47.6 Å². The molecular weight excluding hydrogens is 439 g/mol. The zero-order chi connectivity index (χ0) is 21.1. The van der Waals surface area contributed by atoms with Crippen molar-refractivity contribution in [2.24, 2.45) is 0 Å². The van der Waals surface area contributed by atoms with Crippen LogP contribution in [0.25, 0.3) is 11.4 Å². The van der Waals surface area contributed by atoms with E-state index >= 15 is 0 Å². The first-order valence-electron chi connectivity index (χ1n) is 8.14. The van der Waals surface area contributed by atoms with Crippen LogP contribution < -0.4 is 11.2 Å². The molecule has 0 radical (unpaired) electrons. The lowest BCUT2D eigenvalue weighted by molar-refractivity contribution is -0.384. The summed E-state index contributed by atoms with van der Waals surface area (Å²) < 4.78 is 1.22. The lowest BCUT2D eigenvalue weighted by Crippen LogP contribution is -2.23. The molecule has 1 heterocycles. The average molecular weight is 453 g/mol. The van der Waals surface area contributed by atoms with Crippen molar-refractivity contribution < 1.29 is 9.72 Å². The van der Waals surface area contributed by atoms with Crippen molar-refractivity contribution in [3.05, 3.63) is 62.6 Å². The van der Waals surface area contributed by atoms with E-state index in [1.165, 1.54) is 22.9 Å². The monoisotopic (exact) mass is 452 g/mol. The van der Waals surface area contributed by atoms with Gasteiger partial charge in [0.05, 0.1) is 15.2 Å². The molecule has 1 unspecified atom stereocenters. The molecule has 1 amide bonds. The van der Waals surface area contributed by atoms with Gasteiger partial charge in [0.2, 0.25) is 11.1 Å². The molecule has 150 valence electrons. The Morgan fingerprint density at radius 2 is 2.03 bits per heavy atom. The Balaban J connectivity index is 1.74. The van der Waals surface area contributed by atoms with Crippen LogP contribution in [0.1, 0.15) is 6.92 Å². The maximum absolute atomic E-state index is 12.4. The number of aromatic nitrogens is 3. The summed E-state index contributed by atoms with van der Waals surface area (Å²) in [6, 6.07) is 10.5. The van der Waals surface area contributed by atoms with Crippen molar-refractivity contribution >= 4 is 52.2 Å². The standard InChI is InChI=1S/C17H14Cl2N6O3S/c1-9(16(26)21-11-3-2-4-12(8-11)25(27)28)29-17-23-22-15(24(17)20)13-7-10(18)5-6-14(13)19/h2-9H,20H2,1H3,(H,21,26). The summed E-state index contributed by atoms with van der Waals surface area (Å²) in [7, 11) is 0. The van der Waals surface area contributed by atoms with Gasteiger partial charge in [0.25, 0.3) is 5.69 Å². The van der Waals surface area contributed by atoms with Gasteiger partial charge in [-0.05, 0) is 31.2 Å². The summed E-state index contributed by atoms with van der Waals surface area (Å²) in [6.07, 6.45) is 0. The molecule has 29 heavy (non-hydrogen) atoms. The predicted octanol–water partition coefficient (Wildman–Crippen LogP) is 3.99. The van der Waals surface area contributed by atoms with Crippen LogP contribution in [0.5, 0.6) is 0 Å². The molecule has 3 N–H and O–H groups in total. The fraction of sp³-hybridized carbons (Fsp3) is 0.118. The molecule has 1 atom stereocenters. The Bertz CT molecular complexity index is 1090. The van der Waals surface area contributed by atoms with Gasteiger partial charge in [-0.2, -0.15) is 0 Å². The Hall–Kier alpha value is -2.82. The molecule has 2 aromatic carbocycles. The number of anilines is 1. The molecule has 9 nitrogen and oxygen atoms in total. The van der Waals surface area contributed by atoms with E-state index < -0.39 is 10.2 Å². The molecule has 0 bridgehead atoms. The van der Waals surface area contributed by atoms with Crippen LogP contribution in [0.2, 0.25) is 10.0 Å². The maximum atomic E-state index is 12.4. The van der Waals surface area contributed by atoms with Crippen LogP contribution in [0.3, 0.4) is 0 Å². The van der Waals surface area contributed by atoms with Crippen molar-refractivity contribution in [3.8, 4) is 11.4 Å². The van der Waals surface area contributed by atoms with Crippen LogP contribution in [0, 0.1) is 10.1 Å². The maximum Gasteiger partial charge on any atom is 0.271 e. The summed E-state index contributed by atoms with van der Waals surface area (Å²) in [6.45, 7) is 1.65. The Morgan fingerprint density at radius 3 is 2.76 bits per heavy atom. The highest BCUT2D eigenvalue weighted by Crippen LogP contribution is 2.31. The van der Waals surface area contributed by atoms with Crippen LogP contribution >= 0.6 is 35.0 Å². The van der Waals surface area contributed by atoms with Crippen molar-refractivity contribution in [1.29, 1.82) is 0 Å². The third-order valence-electron chi connectivity index (χ3n) is 3.81. The van der Waals surface area contributed by atoms with E-state index in [2.05, 4.69) is 15.5 Å². The van der Waals surface area contributed by atoms with Gasteiger partial charge in [0.15, 0.2) is 5.82 Å². The number of thioether (sulfide) groups is 1. The van der Waals surface area contributed by atoms with E-state index in [1.807, 2.05) is 0 Å². The predicted molar refractivity (Wildman–Crippen MR) is 113 cm³/mol. The highest BCUT2D eigenvalue weighted by molar-refractivity contribution is 8.00. The summed E-state index contributed by atoms with van der Waals surface area (Å²) in [5.74, 6) is 5.99. The number of carbonyl (C=O) groups excluding carboxylic acids is 1. The van der Waals surface area contributed by atoms with Crippen LogP contribution in [-0.2, 0) is 4.79 Å². The zero-order valence-electron chi connectivity index (χ0n) is 14.9. The van der Waals surface area contributed by atoms with E-state index in [-0.39, 0.29) is 16.8 Å². The molecule has 0 fully saturated rings. The second-order valence-electron chi connectivity index (χ2n) is 5.86. The molecule has 3 rings (SSSR count). The number of halogens is 2. The molecule has 3 aromatic rings. The number of hydrogen-bond donors (Lipinski definition) is 2. The second-order valence-corrected chi connectivity index (χ2v) is 8.01. The number of amides is 1. The molecule has 0 aliphatic carbocycles. The topological polar surface area (TPSA) is 129 Å². The van der Waals surface area contributed by atoms with Gasteiger partial charge in [0.1, 0.15) is 0 Å². The number of rotatable bonds is 6. The summed E-state index contributed by atoms with van der Waals surface area (Å²) >= 11 is 13.3. The third kappa shape index (κ3) is 4.78. The van der Waals surface area contributed by atoms with Crippen LogP contribution in [-0.4, -0.2) is 31.0 Å². The SMILES string of the molecule is CC(Sc1nnc(-c2cc(Cl)ccc2Cl)n1N)C(=O)Nc1cccc([N+](=O)[O-])c1. The highest BCUT2D eigenvalue weighted by Gasteiger charge is 2.21. The summed E-state index contributed by atoms with van der Waals surface area (Å²) in [5, 5.41) is 22.1. The molecule has 12 heteroatoms. The Kier molecular flexibility index (Phi) is 6.26. The lowest BCUT2D eigenvalue weighted by atomic mass is 10.2. The molecule has 0 saturated heterocycles. The van der Waals surface area contributed by atoms with Gasteiger partial charge in [-0.25, -0.2) is 4.68 Å². The first kappa shape index (κ1) is 20.9. The van der Waals surface area contributed by atoms with E-state index in [1.54, 1.807) is 31.2 Å². The minimum atomic E-state index is -0.608. The van der Waals surface area contributed by atoms with Gasteiger partial charge in [0, 0.05) is 28.4 Å². The van der Waals surface area contributed by atoms with Gasteiger partial charge in [-0.3, -0.25) is 14.9 Å². The number of nitrogens with one attached hydrogen (secondary N) is 1. The molecule has 0 aliphatic heterocycles. The lowest BCUT2D eigenvalue weighted by Gasteiger charge is -2.11. The number of hydrogen-bond acceptors (Lipinski definition) is 7. The molecule has 0 spiro atoms. The van der Waals surface area contributed by atoms with Crippen molar-refractivity contribution in [1.82, 2.24) is 14.9 Å². The van der Waals surface area contributed by atoms with Crippen molar-refractivity contribution in [2.75, 3.05) is 11.2 Å². The molecule has 0 aliphatic rings. The van der Waals surface area contributed by atoms with E-state index in [0.717, 1.165) is 11.8 Å². The highest BCUT2D eigenvalue weighted by atomic mass is 35.5. The molecular formula is C17H14Cl2N6O3S. The number of nitro groups is 1. The first-order valence-corrected chi connectivity index (χ1v) is 9.77. The van der Waals surface area contributed by atoms with Crippen molar-refractivity contribution in [2.45, 2.75) is 17.3 Å². The third-order valence-corrected chi connectivity index (χ3v) is 5.43. The number of nitro benzene ring substituents is 1. The number of nitrogen functional groups attached to an aromatic ring is 1. The van der Waals surface area contributed by atoms with Crippen molar-refractivity contribution in [3.63, 3.8) is 0 Å². The number of nitrogens with two attached hydrogens (primary N) is 1. The normalized spacial score (nSPS) is 11.8. The van der Waals surface area contributed by atoms with E-state index in [4.69, 9.17) is 29.0 Å². The molecule has 0 saturated carbocycles. The minimum absolute atomic E-state index is 0.118. The van der Waals surface area contributed by atoms with Gasteiger partial charge in [-0.1, -0.05) is 41.0 Å². The van der Waals surface area contributed by atoms with E-state index in [0.29, 0.717) is 27.1 Å². The van der Waals surface area contributed by atoms with Gasteiger partial charge < -0.3 is 11.2 Å². The zero-order valence-corrected chi connectivity index (χ0v) is 17.2. The largest absolute Gasteiger partial charge is 0.335 e. The van der Waals surface area contributed by atoms with E-state index in [9.17, 15) is 14.9 Å². The number of benzene rings is 2. The average Bonchev–Trinajstić information content (AvgIpc) is 3.04. The smallest absolute Gasteiger partial charge is 0.271 e. The molecule has 1 aromatic heterocycles. The van der Waals surface area contributed by atoms with Crippen LogP contribution in [0.4, 0.5) is 11.4 Å². The van der Waals surface area contributed by atoms with Gasteiger partial charge in [-0.15, -0.1) is 10.2 Å². The second kappa shape index (κ2) is 8.68. The summed E-state index contributed by atoms with van der Waals surface area (Å²) in [4.78, 5) is 22.8. The Labute approximate surface area is 179 Å². The number of nitrogens with zero attached hydrogens (tertiary/aromatic N) is 4. The first-order chi connectivity index (χ1) is 13.8. The van der Waals surface area contributed by atoms with Gasteiger partial charge >= 0.3 is 0 Å².